The topological polar surface area (TPSA) is 63.2 Å². The third-order valence-corrected chi connectivity index (χ3v) is 4.49. The van der Waals surface area contributed by atoms with E-state index in [2.05, 4.69) is 20.4 Å². The molecule has 1 aromatic heterocycles. The molecule has 5 nitrogen and oxygen atoms in total. The molecule has 1 aromatic rings. The summed E-state index contributed by atoms with van der Waals surface area (Å²) in [7, 11) is 0. The van der Waals surface area contributed by atoms with Gasteiger partial charge in [0.05, 0.1) is 11.9 Å². The van der Waals surface area contributed by atoms with Crippen molar-refractivity contribution in [2.24, 2.45) is 11.3 Å². The summed E-state index contributed by atoms with van der Waals surface area (Å²) >= 11 is 0. The lowest BCUT2D eigenvalue weighted by Crippen LogP contribution is -2.31. The van der Waals surface area contributed by atoms with Gasteiger partial charge in [0, 0.05) is 12.0 Å². The minimum absolute atomic E-state index is 0. The van der Waals surface area contributed by atoms with Gasteiger partial charge in [0.15, 0.2) is 6.61 Å². The van der Waals surface area contributed by atoms with E-state index in [0.717, 1.165) is 32.4 Å². The summed E-state index contributed by atoms with van der Waals surface area (Å²) in [5.74, 6) is -0.148. The average Bonchev–Trinajstić information content (AvgIpc) is 3.20. The van der Waals surface area contributed by atoms with E-state index in [1.807, 2.05) is 0 Å². The zero-order valence-electron chi connectivity index (χ0n) is 13.3. The van der Waals surface area contributed by atoms with Crippen molar-refractivity contribution in [3.63, 3.8) is 0 Å². The van der Waals surface area contributed by atoms with Crippen molar-refractivity contribution >= 4 is 36.4 Å². The van der Waals surface area contributed by atoms with Gasteiger partial charge in [0.1, 0.15) is 0 Å². The molecule has 1 atom stereocenters. The van der Waals surface area contributed by atoms with Gasteiger partial charge in [-0.1, -0.05) is 0 Å². The number of anilines is 1. The second kappa shape index (κ2) is 8.42. The molecule has 1 amide bonds. The number of alkyl halides is 3. The largest absolute Gasteiger partial charge is 0.468 e. The maximum Gasteiger partial charge on any atom is 0.422 e. The van der Waals surface area contributed by atoms with Gasteiger partial charge >= 0.3 is 6.18 Å². The molecule has 1 unspecified atom stereocenters. The normalized spacial score (nSPS) is 20.8. The molecule has 1 aliphatic carbocycles. The fourth-order valence-electron chi connectivity index (χ4n) is 3.12. The highest BCUT2D eigenvalue weighted by Crippen LogP contribution is 2.58. The second-order valence-electron chi connectivity index (χ2n) is 6.15. The molecule has 3 rings (SSSR count). The first-order valence-corrected chi connectivity index (χ1v) is 7.55. The molecule has 10 heteroatoms. The van der Waals surface area contributed by atoms with Crippen LogP contribution in [0.1, 0.15) is 19.3 Å². The van der Waals surface area contributed by atoms with Crippen LogP contribution in [0.2, 0.25) is 0 Å². The summed E-state index contributed by atoms with van der Waals surface area (Å²) in [5.41, 5.74) is 0.601. The standard InChI is InChI=1S/C15H18F3N3O2.2ClH/c16-15(17,18)9-23-12-2-1-10(8-20-12)21-13(22)11-7-14(11)3-5-19-6-4-14;;/h1-2,8,11,19H,3-7,9H2,(H,21,22);2*1H. The molecule has 25 heavy (non-hydrogen) atoms. The van der Waals surface area contributed by atoms with Crippen molar-refractivity contribution in [3.8, 4) is 5.88 Å². The Kier molecular flexibility index (Phi) is 7.34. The van der Waals surface area contributed by atoms with Crippen LogP contribution < -0.4 is 15.4 Å². The number of rotatable bonds is 4. The zero-order chi connectivity index (χ0) is 16.5. The summed E-state index contributed by atoms with van der Waals surface area (Å²) in [4.78, 5) is 16.0. The van der Waals surface area contributed by atoms with Crippen LogP contribution in [0.25, 0.3) is 0 Å². The molecule has 1 aliphatic heterocycles. The molecule has 0 aromatic carbocycles. The third kappa shape index (κ3) is 5.62. The van der Waals surface area contributed by atoms with Gasteiger partial charge in [-0.3, -0.25) is 4.79 Å². The van der Waals surface area contributed by atoms with Crippen LogP contribution in [0.3, 0.4) is 0 Å². The summed E-state index contributed by atoms with van der Waals surface area (Å²) in [5, 5.41) is 6.06. The van der Waals surface area contributed by atoms with Crippen molar-refractivity contribution in [1.82, 2.24) is 10.3 Å². The number of aromatic nitrogens is 1. The molecule has 1 saturated heterocycles. The van der Waals surface area contributed by atoms with Crippen LogP contribution in [0.5, 0.6) is 5.88 Å². The van der Waals surface area contributed by atoms with E-state index in [4.69, 9.17) is 0 Å². The summed E-state index contributed by atoms with van der Waals surface area (Å²) in [6, 6.07) is 2.81. The van der Waals surface area contributed by atoms with Gasteiger partial charge in [-0.25, -0.2) is 4.98 Å². The smallest absolute Gasteiger partial charge is 0.422 e. The van der Waals surface area contributed by atoms with Crippen molar-refractivity contribution in [2.45, 2.75) is 25.4 Å². The number of amides is 1. The number of pyridine rings is 1. The Bertz CT molecular complexity index is 578. The summed E-state index contributed by atoms with van der Waals surface area (Å²) in [6.07, 6.45) is -0.174. The van der Waals surface area contributed by atoms with Crippen molar-refractivity contribution in [2.75, 3.05) is 25.0 Å². The molecule has 1 saturated carbocycles. The van der Waals surface area contributed by atoms with Crippen LogP contribution in [0, 0.1) is 11.3 Å². The lowest BCUT2D eigenvalue weighted by atomic mass is 9.92. The Morgan fingerprint density at radius 1 is 1.32 bits per heavy atom. The molecular formula is C15H20Cl2F3N3O2. The fourth-order valence-corrected chi connectivity index (χ4v) is 3.12. The second-order valence-corrected chi connectivity index (χ2v) is 6.15. The van der Waals surface area contributed by atoms with Gasteiger partial charge in [-0.15, -0.1) is 24.8 Å². The summed E-state index contributed by atoms with van der Waals surface area (Å²) < 4.78 is 40.7. The Balaban J connectivity index is 0.00000156. The Morgan fingerprint density at radius 3 is 2.56 bits per heavy atom. The number of hydrogen-bond donors (Lipinski definition) is 2. The highest BCUT2D eigenvalue weighted by atomic mass is 35.5. The molecule has 142 valence electrons. The quantitative estimate of drug-likeness (QED) is 0.812. The van der Waals surface area contributed by atoms with Gasteiger partial charge in [0.2, 0.25) is 11.8 Å². The van der Waals surface area contributed by atoms with E-state index < -0.39 is 12.8 Å². The van der Waals surface area contributed by atoms with Crippen molar-refractivity contribution in [1.29, 1.82) is 0 Å². The number of halogens is 5. The van der Waals surface area contributed by atoms with E-state index in [1.165, 1.54) is 18.3 Å². The number of nitrogens with one attached hydrogen (secondary N) is 2. The first-order chi connectivity index (χ1) is 10.9. The number of ether oxygens (including phenoxy) is 1. The molecule has 2 fully saturated rings. The number of nitrogens with zero attached hydrogens (tertiary/aromatic N) is 1. The summed E-state index contributed by atoms with van der Waals surface area (Å²) in [6.45, 7) is 0.498. The lowest BCUT2D eigenvalue weighted by Gasteiger charge is -2.23. The average molecular weight is 402 g/mol. The van der Waals surface area contributed by atoms with Crippen LogP contribution in [-0.2, 0) is 4.79 Å². The Labute approximate surface area is 155 Å². The SMILES string of the molecule is Cl.Cl.O=C(Nc1ccc(OCC(F)(F)F)nc1)C1CC12CCNCC2. The molecule has 2 N–H and O–H groups in total. The van der Waals surface area contributed by atoms with E-state index in [0.29, 0.717) is 5.69 Å². The number of carbonyl (C=O) groups is 1. The predicted octanol–water partition coefficient (Wildman–Crippen LogP) is 3.19. The van der Waals surface area contributed by atoms with Crippen LogP contribution in [-0.4, -0.2) is 36.8 Å². The maximum absolute atomic E-state index is 12.3. The van der Waals surface area contributed by atoms with Gasteiger partial charge in [-0.2, -0.15) is 13.2 Å². The molecule has 2 aliphatic rings. The molecule has 0 bridgehead atoms. The van der Waals surface area contributed by atoms with E-state index in [-0.39, 0.29) is 47.9 Å². The predicted molar refractivity (Wildman–Crippen MR) is 91.6 cm³/mol. The highest BCUT2D eigenvalue weighted by molar-refractivity contribution is 5.95. The van der Waals surface area contributed by atoms with Crippen LogP contribution >= 0.6 is 24.8 Å². The monoisotopic (exact) mass is 401 g/mol. The maximum atomic E-state index is 12.3. The lowest BCUT2D eigenvalue weighted by molar-refractivity contribution is -0.154. The zero-order valence-corrected chi connectivity index (χ0v) is 14.9. The number of piperidine rings is 1. The highest BCUT2D eigenvalue weighted by Gasteiger charge is 2.57. The van der Waals surface area contributed by atoms with E-state index >= 15 is 0 Å². The Hall–Kier alpha value is -1.25. The first kappa shape index (κ1) is 21.8. The van der Waals surface area contributed by atoms with Crippen LogP contribution in [0.15, 0.2) is 18.3 Å². The third-order valence-electron chi connectivity index (χ3n) is 4.49. The first-order valence-electron chi connectivity index (χ1n) is 7.55. The van der Waals surface area contributed by atoms with Crippen molar-refractivity contribution < 1.29 is 22.7 Å². The van der Waals surface area contributed by atoms with Crippen LogP contribution in [0.4, 0.5) is 18.9 Å². The van der Waals surface area contributed by atoms with Crippen molar-refractivity contribution in [3.05, 3.63) is 18.3 Å². The molecule has 2 heterocycles. The minimum Gasteiger partial charge on any atom is -0.468 e. The molecular weight excluding hydrogens is 382 g/mol. The minimum atomic E-state index is -4.40. The molecule has 1 spiro atoms. The van der Waals surface area contributed by atoms with Gasteiger partial charge in [-0.05, 0) is 43.8 Å². The fraction of sp³-hybridized carbons (Fsp3) is 0.600. The van der Waals surface area contributed by atoms with Gasteiger partial charge < -0.3 is 15.4 Å². The molecule has 0 radical (unpaired) electrons. The van der Waals surface area contributed by atoms with E-state index in [9.17, 15) is 18.0 Å². The number of hydrogen-bond acceptors (Lipinski definition) is 4. The van der Waals surface area contributed by atoms with Gasteiger partial charge in [0.25, 0.3) is 0 Å². The Morgan fingerprint density at radius 2 is 2.00 bits per heavy atom. The van der Waals surface area contributed by atoms with E-state index in [1.54, 1.807) is 0 Å². The number of carbonyl (C=O) groups excluding carboxylic acids is 1.